The molecule has 0 aliphatic heterocycles. The van der Waals surface area contributed by atoms with Crippen LogP contribution in [0.25, 0.3) is 11.3 Å². The van der Waals surface area contributed by atoms with E-state index in [0.29, 0.717) is 36.6 Å². The Bertz CT molecular complexity index is 1010. The summed E-state index contributed by atoms with van der Waals surface area (Å²) < 4.78 is 34.8. The Balaban J connectivity index is 1.99. The predicted molar refractivity (Wildman–Crippen MR) is 111 cm³/mol. The van der Waals surface area contributed by atoms with Gasteiger partial charge in [-0.25, -0.2) is 13.5 Å². The van der Waals surface area contributed by atoms with Crippen molar-refractivity contribution < 1.29 is 18.3 Å². The van der Waals surface area contributed by atoms with Gasteiger partial charge in [0.05, 0.1) is 5.69 Å². The molecule has 5 nitrogen and oxygen atoms in total. The lowest BCUT2D eigenvalue weighted by Gasteiger charge is -2.18. The summed E-state index contributed by atoms with van der Waals surface area (Å²) in [5.41, 5.74) is 2.24. The number of amides is 1. The van der Waals surface area contributed by atoms with E-state index in [4.69, 9.17) is 4.74 Å². The van der Waals surface area contributed by atoms with Crippen LogP contribution in [0, 0.1) is 11.6 Å². The Hall–Kier alpha value is -3.22. The summed E-state index contributed by atoms with van der Waals surface area (Å²) in [5.74, 6) is -1.23. The third-order valence-electron chi connectivity index (χ3n) is 4.94. The summed E-state index contributed by atoms with van der Waals surface area (Å²) in [6.45, 7) is 5.15. The minimum absolute atomic E-state index is 0.0294. The zero-order valence-electron chi connectivity index (χ0n) is 17.4. The van der Waals surface area contributed by atoms with E-state index in [1.807, 2.05) is 44.2 Å². The molecule has 1 amide bonds. The number of aryl methyl sites for hydroxylation is 1. The van der Waals surface area contributed by atoms with Gasteiger partial charge >= 0.3 is 0 Å². The van der Waals surface area contributed by atoms with Crippen LogP contribution in [-0.2, 0) is 18.3 Å². The van der Waals surface area contributed by atoms with Crippen molar-refractivity contribution in [1.29, 1.82) is 0 Å². The lowest BCUT2D eigenvalue weighted by Crippen LogP contribution is -2.30. The first-order valence-corrected chi connectivity index (χ1v) is 9.96. The van der Waals surface area contributed by atoms with Crippen LogP contribution in [0.5, 0.6) is 11.6 Å². The molecule has 0 aliphatic carbocycles. The lowest BCUT2D eigenvalue weighted by molar-refractivity contribution is -0.130. The summed E-state index contributed by atoms with van der Waals surface area (Å²) in [7, 11) is 1.69. The number of ether oxygens (including phenoxy) is 1. The van der Waals surface area contributed by atoms with Crippen LogP contribution in [0.3, 0.4) is 0 Å². The molecule has 0 radical (unpaired) electrons. The van der Waals surface area contributed by atoms with E-state index in [-0.39, 0.29) is 18.1 Å². The minimum Gasteiger partial charge on any atom is -0.436 e. The van der Waals surface area contributed by atoms with E-state index in [2.05, 4.69) is 5.10 Å². The second-order valence-electron chi connectivity index (χ2n) is 6.86. The van der Waals surface area contributed by atoms with Gasteiger partial charge in [-0.05, 0) is 32.4 Å². The van der Waals surface area contributed by atoms with Crippen LogP contribution in [0.4, 0.5) is 8.78 Å². The Morgan fingerprint density at radius 3 is 2.43 bits per heavy atom. The molecule has 0 fully saturated rings. The normalized spacial score (nSPS) is 10.8. The van der Waals surface area contributed by atoms with E-state index >= 15 is 0 Å². The molecule has 0 saturated carbocycles. The van der Waals surface area contributed by atoms with Gasteiger partial charge in [0.25, 0.3) is 0 Å². The molecule has 3 rings (SSSR count). The van der Waals surface area contributed by atoms with E-state index < -0.39 is 11.6 Å². The molecular weight excluding hydrogens is 388 g/mol. The van der Waals surface area contributed by atoms with Gasteiger partial charge in [0, 0.05) is 43.8 Å². The van der Waals surface area contributed by atoms with Crippen LogP contribution in [0.2, 0.25) is 0 Å². The maximum atomic E-state index is 14.2. The van der Waals surface area contributed by atoms with Crippen molar-refractivity contribution in [1.82, 2.24) is 14.7 Å². The standard InChI is InChI=1S/C23H25F2N3O2/c1-4-28(5-2)21(29)14-12-18-22(16-9-7-6-8-10-16)26-27(3)23(18)30-20-13-11-17(24)15-19(20)25/h6-11,13,15H,4-5,12,14H2,1-3H3. The van der Waals surface area contributed by atoms with Crippen molar-refractivity contribution in [2.45, 2.75) is 26.7 Å². The van der Waals surface area contributed by atoms with Gasteiger partial charge < -0.3 is 9.64 Å². The summed E-state index contributed by atoms with van der Waals surface area (Å²) >= 11 is 0. The fraction of sp³-hybridized carbons (Fsp3) is 0.304. The maximum Gasteiger partial charge on any atom is 0.222 e. The minimum atomic E-state index is -0.803. The van der Waals surface area contributed by atoms with Crippen LogP contribution >= 0.6 is 0 Å². The summed E-state index contributed by atoms with van der Waals surface area (Å²) in [5, 5.41) is 4.56. The molecular formula is C23H25F2N3O2. The Labute approximate surface area is 174 Å². The molecule has 158 valence electrons. The smallest absolute Gasteiger partial charge is 0.222 e. The van der Waals surface area contributed by atoms with Gasteiger partial charge in [0.1, 0.15) is 5.82 Å². The number of carbonyl (C=O) groups is 1. The maximum absolute atomic E-state index is 14.2. The highest BCUT2D eigenvalue weighted by molar-refractivity contribution is 5.77. The fourth-order valence-electron chi connectivity index (χ4n) is 3.36. The summed E-state index contributed by atoms with van der Waals surface area (Å²) in [6.07, 6.45) is 0.654. The molecule has 3 aromatic rings. The first-order chi connectivity index (χ1) is 14.4. The average molecular weight is 413 g/mol. The second-order valence-corrected chi connectivity index (χ2v) is 6.86. The molecule has 1 aromatic heterocycles. The molecule has 0 atom stereocenters. The van der Waals surface area contributed by atoms with Crippen LogP contribution in [-0.4, -0.2) is 33.7 Å². The molecule has 1 heterocycles. The third-order valence-corrected chi connectivity index (χ3v) is 4.94. The van der Waals surface area contributed by atoms with Crippen molar-refractivity contribution in [2.75, 3.05) is 13.1 Å². The van der Waals surface area contributed by atoms with Gasteiger partial charge in [0.15, 0.2) is 11.6 Å². The number of nitrogens with zero attached hydrogens (tertiary/aromatic N) is 3. The molecule has 0 unspecified atom stereocenters. The van der Waals surface area contributed by atoms with Gasteiger partial charge in [-0.1, -0.05) is 30.3 Å². The van der Waals surface area contributed by atoms with Crippen LogP contribution in [0.15, 0.2) is 48.5 Å². The van der Waals surface area contributed by atoms with Crippen molar-refractivity contribution >= 4 is 5.91 Å². The first kappa shape index (κ1) is 21.5. The molecule has 0 saturated heterocycles. The SMILES string of the molecule is CCN(CC)C(=O)CCc1c(-c2ccccc2)nn(C)c1Oc1ccc(F)cc1F. The predicted octanol–water partition coefficient (Wildman–Crippen LogP) is 4.96. The number of aromatic nitrogens is 2. The van der Waals surface area contributed by atoms with Gasteiger partial charge in [-0.15, -0.1) is 0 Å². The highest BCUT2D eigenvalue weighted by Crippen LogP contribution is 2.35. The molecule has 30 heavy (non-hydrogen) atoms. The third kappa shape index (κ3) is 4.67. The van der Waals surface area contributed by atoms with E-state index in [1.54, 1.807) is 11.9 Å². The monoisotopic (exact) mass is 413 g/mol. The van der Waals surface area contributed by atoms with Crippen LogP contribution in [0.1, 0.15) is 25.8 Å². The number of carbonyl (C=O) groups excluding carboxylic acids is 1. The van der Waals surface area contributed by atoms with E-state index in [9.17, 15) is 13.6 Å². The summed E-state index contributed by atoms with van der Waals surface area (Å²) in [4.78, 5) is 14.3. The van der Waals surface area contributed by atoms with E-state index in [0.717, 1.165) is 17.7 Å². The van der Waals surface area contributed by atoms with E-state index in [1.165, 1.54) is 10.7 Å². The average Bonchev–Trinajstić information content (AvgIpc) is 3.05. The molecule has 0 N–H and O–H groups in total. The molecule has 0 spiro atoms. The van der Waals surface area contributed by atoms with Crippen molar-refractivity contribution in [3.63, 3.8) is 0 Å². The lowest BCUT2D eigenvalue weighted by atomic mass is 10.0. The van der Waals surface area contributed by atoms with Crippen molar-refractivity contribution in [3.8, 4) is 22.9 Å². The fourth-order valence-corrected chi connectivity index (χ4v) is 3.36. The topological polar surface area (TPSA) is 47.4 Å². The second kappa shape index (κ2) is 9.52. The molecule has 2 aromatic carbocycles. The molecule has 0 bridgehead atoms. The van der Waals surface area contributed by atoms with Gasteiger partial charge in [0.2, 0.25) is 11.8 Å². The highest BCUT2D eigenvalue weighted by Gasteiger charge is 2.22. The molecule has 7 heteroatoms. The van der Waals surface area contributed by atoms with Crippen molar-refractivity contribution in [3.05, 3.63) is 65.7 Å². The Morgan fingerprint density at radius 2 is 1.80 bits per heavy atom. The van der Waals surface area contributed by atoms with Gasteiger partial charge in [-0.3, -0.25) is 4.79 Å². The number of hydrogen-bond donors (Lipinski definition) is 0. The van der Waals surface area contributed by atoms with Gasteiger partial charge in [-0.2, -0.15) is 5.10 Å². The zero-order valence-corrected chi connectivity index (χ0v) is 17.4. The quantitative estimate of drug-likeness (QED) is 0.525. The van der Waals surface area contributed by atoms with Crippen LogP contribution < -0.4 is 4.74 Å². The molecule has 0 aliphatic rings. The number of benzene rings is 2. The number of hydrogen-bond acceptors (Lipinski definition) is 3. The highest BCUT2D eigenvalue weighted by atomic mass is 19.1. The van der Waals surface area contributed by atoms with Crippen molar-refractivity contribution in [2.24, 2.45) is 7.05 Å². The Kier molecular flexibility index (Phi) is 6.82. The zero-order chi connectivity index (χ0) is 21.7. The Morgan fingerprint density at radius 1 is 1.10 bits per heavy atom. The number of rotatable bonds is 8. The largest absolute Gasteiger partial charge is 0.436 e. The first-order valence-electron chi connectivity index (χ1n) is 9.96. The summed E-state index contributed by atoms with van der Waals surface area (Å²) in [6, 6.07) is 12.7. The number of halogens is 2.